The van der Waals surface area contributed by atoms with E-state index in [1.54, 1.807) is 0 Å². The van der Waals surface area contributed by atoms with Crippen LogP contribution in [0.3, 0.4) is 0 Å². The fourth-order valence-electron chi connectivity index (χ4n) is 2.00. The average Bonchev–Trinajstić information content (AvgIpc) is 2.80. The molecule has 0 saturated carbocycles. The van der Waals surface area contributed by atoms with Gasteiger partial charge in [-0.2, -0.15) is 0 Å². The van der Waals surface area contributed by atoms with Gasteiger partial charge in [0.15, 0.2) is 0 Å². The van der Waals surface area contributed by atoms with Crippen molar-refractivity contribution in [3.63, 3.8) is 0 Å². The highest BCUT2D eigenvalue weighted by Crippen LogP contribution is 2.31. The lowest BCUT2D eigenvalue weighted by Gasteiger charge is -2.18. The lowest BCUT2D eigenvalue weighted by Crippen LogP contribution is -2.23. The number of hydrogen-bond acceptors (Lipinski definition) is 2. The largest absolute Gasteiger partial charge is 0.464 e. The van der Waals surface area contributed by atoms with Gasteiger partial charge in [-0.1, -0.05) is 34.5 Å². The second kappa shape index (κ2) is 6.60. The lowest BCUT2D eigenvalue weighted by molar-refractivity contribution is 0.430. The Labute approximate surface area is 127 Å². The number of aryl methyl sites for hydroxylation is 1. The quantitative estimate of drug-likeness (QED) is 0.818. The Hall–Kier alpha value is -0.770. The molecule has 0 aliphatic rings. The molecular weight excluding hydrogens is 326 g/mol. The average molecular weight is 343 g/mol. The topological polar surface area (TPSA) is 25.2 Å². The summed E-state index contributed by atoms with van der Waals surface area (Å²) in [6, 6.07) is 9.83. The van der Waals surface area contributed by atoms with Crippen LogP contribution in [0.5, 0.6) is 0 Å². The van der Waals surface area contributed by atoms with Crippen molar-refractivity contribution in [1.82, 2.24) is 5.32 Å². The Balaban J connectivity index is 2.39. The molecule has 1 unspecified atom stereocenters. The minimum atomic E-state index is -0.0151. The maximum absolute atomic E-state index is 6.32. The van der Waals surface area contributed by atoms with Gasteiger partial charge < -0.3 is 9.73 Å². The highest BCUT2D eigenvalue weighted by molar-refractivity contribution is 9.10. The first-order valence-electron chi connectivity index (χ1n) is 6.36. The van der Waals surface area contributed by atoms with E-state index in [0.717, 1.165) is 39.5 Å². The maximum Gasteiger partial charge on any atom is 0.125 e. The van der Waals surface area contributed by atoms with E-state index in [0.29, 0.717) is 0 Å². The lowest BCUT2D eigenvalue weighted by atomic mass is 10.0. The van der Waals surface area contributed by atoms with Gasteiger partial charge in [0.05, 0.1) is 6.04 Å². The fraction of sp³-hybridized carbons (Fsp3) is 0.333. The summed E-state index contributed by atoms with van der Waals surface area (Å²) in [7, 11) is 0. The summed E-state index contributed by atoms with van der Waals surface area (Å²) in [6.07, 6.45) is 1.06. The second-order valence-electron chi connectivity index (χ2n) is 4.50. The Morgan fingerprint density at radius 2 is 2.11 bits per heavy atom. The molecule has 2 aromatic rings. The highest BCUT2D eigenvalue weighted by atomic mass is 79.9. The summed E-state index contributed by atoms with van der Waals surface area (Å²) in [5, 5.41) is 4.23. The number of halogens is 2. The van der Waals surface area contributed by atoms with Gasteiger partial charge in [0.1, 0.15) is 11.5 Å². The van der Waals surface area contributed by atoms with Crippen LogP contribution in [0.1, 0.15) is 36.5 Å². The third-order valence-corrected chi connectivity index (χ3v) is 3.75. The first kappa shape index (κ1) is 14.6. The number of benzene rings is 1. The molecule has 0 bridgehead atoms. The van der Waals surface area contributed by atoms with Crippen molar-refractivity contribution in [3.8, 4) is 0 Å². The molecule has 19 heavy (non-hydrogen) atoms. The molecule has 1 aromatic carbocycles. The standard InChI is InChI=1S/C15H17BrClNO/c1-3-8-18-15(14-7-4-10(2)19-14)12-9-11(16)5-6-13(12)17/h4-7,9,15,18H,3,8H2,1-2H3. The highest BCUT2D eigenvalue weighted by Gasteiger charge is 2.19. The summed E-state index contributed by atoms with van der Waals surface area (Å²) in [4.78, 5) is 0. The summed E-state index contributed by atoms with van der Waals surface area (Å²) >= 11 is 9.82. The minimum absolute atomic E-state index is 0.0151. The first-order chi connectivity index (χ1) is 9.11. The second-order valence-corrected chi connectivity index (χ2v) is 5.82. The Bertz CT molecular complexity index is 553. The Kier molecular flexibility index (Phi) is 5.08. The van der Waals surface area contributed by atoms with Crippen molar-refractivity contribution in [2.24, 2.45) is 0 Å². The van der Waals surface area contributed by atoms with E-state index in [2.05, 4.69) is 28.2 Å². The monoisotopic (exact) mass is 341 g/mol. The van der Waals surface area contributed by atoms with Crippen molar-refractivity contribution < 1.29 is 4.42 Å². The van der Waals surface area contributed by atoms with Crippen LogP contribution in [0.25, 0.3) is 0 Å². The normalized spacial score (nSPS) is 12.6. The summed E-state index contributed by atoms with van der Waals surface area (Å²) in [6.45, 7) is 5.00. The molecule has 0 radical (unpaired) electrons. The van der Waals surface area contributed by atoms with Crippen LogP contribution in [-0.4, -0.2) is 6.54 Å². The van der Waals surface area contributed by atoms with E-state index in [4.69, 9.17) is 16.0 Å². The van der Waals surface area contributed by atoms with E-state index in [1.165, 1.54) is 0 Å². The molecule has 0 saturated heterocycles. The predicted octanol–water partition coefficient (Wildman–Crippen LogP) is 5.09. The first-order valence-corrected chi connectivity index (χ1v) is 7.53. The predicted molar refractivity (Wildman–Crippen MR) is 82.7 cm³/mol. The fourth-order valence-corrected chi connectivity index (χ4v) is 2.60. The molecular formula is C15H17BrClNO. The molecule has 2 rings (SSSR count). The third-order valence-electron chi connectivity index (χ3n) is 2.91. The molecule has 0 aliphatic heterocycles. The van der Waals surface area contributed by atoms with Gasteiger partial charge in [0.2, 0.25) is 0 Å². The van der Waals surface area contributed by atoms with Gasteiger partial charge in [-0.3, -0.25) is 0 Å². The Morgan fingerprint density at radius 3 is 2.74 bits per heavy atom. The molecule has 1 N–H and O–H groups in total. The van der Waals surface area contributed by atoms with E-state index in [9.17, 15) is 0 Å². The molecule has 0 amide bonds. The van der Waals surface area contributed by atoms with Crippen LogP contribution in [0.2, 0.25) is 5.02 Å². The van der Waals surface area contributed by atoms with Crippen LogP contribution in [0, 0.1) is 6.92 Å². The van der Waals surface area contributed by atoms with Crippen LogP contribution >= 0.6 is 27.5 Å². The van der Waals surface area contributed by atoms with Gasteiger partial charge in [0, 0.05) is 9.50 Å². The van der Waals surface area contributed by atoms with E-state index < -0.39 is 0 Å². The van der Waals surface area contributed by atoms with E-state index in [-0.39, 0.29) is 6.04 Å². The molecule has 4 heteroatoms. The minimum Gasteiger partial charge on any atom is -0.464 e. The van der Waals surface area contributed by atoms with Crippen LogP contribution < -0.4 is 5.32 Å². The Morgan fingerprint density at radius 1 is 1.32 bits per heavy atom. The van der Waals surface area contributed by atoms with Crippen molar-refractivity contribution in [3.05, 3.63) is 56.9 Å². The zero-order chi connectivity index (χ0) is 13.8. The number of nitrogens with one attached hydrogen (secondary N) is 1. The molecule has 0 fully saturated rings. The molecule has 1 aromatic heterocycles. The van der Waals surface area contributed by atoms with E-state index >= 15 is 0 Å². The van der Waals surface area contributed by atoms with Gasteiger partial charge in [-0.05, 0) is 55.8 Å². The molecule has 1 heterocycles. The van der Waals surface area contributed by atoms with E-state index in [1.807, 2.05) is 37.3 Å². The van der Waals surface area contributed by atoms with Crippen molar-refractivity contribution >= 4 is 27.5 Å². The number of rotatable bonds is 5. The summed E-state index contributed by atoms with van der Waals surface area (Å²) in [5.41, 5.74) is 1.03. The summed E-state index contributed by atoms with van der Waals surface area (Å²) < 4.78 is 6.77. The van der Waals surface area contributed by atoms with Crippen molar-refractivity contribution in [2.75, 3.05) is 6.54 Å². The van der Waals surface area contributed by atoms with Gasteiger partial charge in [-0.15, -0.1) is 0 Å². The SMILES string of the molecule is CCCNC(c1ccc(C)o1)c1cc(Br)ccc1Cl. The van der Waals surface area contributed by atoms with Crippen LogP contribution in [-0.2, 0) is 0 Å². The zero-order valence-corrected chi connectivity index (χ0v) is 13.4. The number of furan rings is 1. The van der Waals surface area contributed by atoms with Gasteiger partial charge >= 0.3 is 0 Å². The van der Waals surface area contributed by atoms with Crippen LogP contribution in [0.15, 0.2) is 39.2 Å². The molecule has 0 aliphatic carbocycles. The zero-order valence-electron chi connectivity index (χ0n) is 11.0. The third kappa shape index (κ3) is 3.62. The molecule has 102 valence electrons. The van der Waals surface area contributed by atoms with Crippen LogP contribution in [0.4, 0.5) is 0 Å². The molecule has 2 nitrogen and oxygen atoms in total. The van der Waals surface area contributed by atoms with Gasteiger partial charge in [-0.25, -0.2) is 0 Å². The summed E-state index contributed by atoms with van der Waals surface area (Å²) in [5.74, 6) is 1.80. The van der Waals surface area contributed by atoms with Crippen molar-refractivity contribution in [2.45, 2.75) is 26.3 Å². The maximum atomic E-state index is 6.32. The smallest absolute Gasteiger partial charge is 0.125 e. The van der Waals surface area contributed by atoms with Crippen molar-refractivity contribution in [1.29, 1.82) is 0 Å². The van der Waals surface area contributed by atoms with Gasteiger partial charge in [0.25, 0.3) is 0 Å². The number of hydrogen-bond donors (Lipinski definition) is 1. The molecule has 0 spiro atoms. The molecule has 1 atom stereocenters.